The van der Waals surface area contributed by atoms with E-state index in [4.69, 9.17) is 4.78 Å². The second-order valence-electron chi connectivity index (χ2n) is 3.16. The van der Waals surface area contributed by atoms with Gasteiger partial charge in [0, 0.05) is 18.8 Å². The lowest BCUT2D eigenvalue weighted by Gasteiger charge is -2.06. The zero-order chi connectivity index (χ0) is 9.31. The summed E-state index contributed by atoms with van der Waals surface area (Å²) in [7, 11) is -2.54. The second-order valence-corrected chi connectivity index (χ2v) is 5.36. The van der Waals surface area contributed by atoms with Crippen molar-refractivity contribution in [3.05, 3.63) is 29.8 Å². The van der Waals surface area contributed by atoms with Crippen LogP contribution in [0.3, 0.4) is 0 Å². The first-order valence-electron chi connectivity index (χ1n) is 4.25. The molecule has 13 heavy (non-hydrogen) atoms. The maximum Gasteiger partial charge on any atom is 0.0741 e. The Morgan fingerprint density at radius 2 is 2.15 bits per heavy atom. The van der Waals surface area contributed by atoms with Crippen LogP contribution in [0.5, 0.6) is 0 Å². The number of fused-ring (bicyclic) bond motifs is 1. The van der Waals surface area contributed by atoms with E-state index in [0.29, 0.717) is 17.2 Å². The predicted molar refractivity (Wildman–Crippen MR) is 52.1 cm³/mol. The third-order valence-corrected chi connectivity index (χ3v) is 4.10. The van der Waals surface area contributed by atoms with Crippen LogP contribution in [0.15, 0.2) is 29.2 Å². The molecule has 70 valence electrons. The van der Waals surface area contributed by atoms with Gasteiger partial charge in [0.1, 0.15) is 0 Å². The Hall–Kier alpha value is -0.870. The molecule has 1 heterocycles. The fourth-order valence-corrected chi connectivity index (χ4v) is 3.03. The van der Waals surface area contributed by atoms with Crippen LogP contribution in [0, 0.1) is 4.78 Å². The van der Waals surface area contributed by atoms with Gasteiger partial charge in [-0.2, -0.15) is 0 Å². The fraction of sp³-hybridized carbons (Fsp3) is 0.333. The zero-order valence-corrected chi connectivity index (χ0v) is 8.06. The average Bonchev–Trinajstić information content (AvgIpc) is 2.26. The van der Waals surface area contributed by atoms with Gasteiger partial charge in [-0.15, -0.1) is 0 Å². The summed E-state index contributed by atoms with van der Waals surface area (Å²) in [5, 5.41) is 3.16. The molecule has 0 amide bonds. The maximum atomic E-state index is 11.9. The van der Waals surface area contributed by atoms with E-state index in [2.05, 4.69) is 5.32 Å². The normalized spacial score (nSPS) is 27.7. The Kier molecular flexibility index (Phi) is 2.09. The van der Waals surface area contributed by atoms with Gasteiger partial charge < -0.3 is 5.32 Å². The van der Waals surface area contributed by atoms with Crippen molar-refractivity contribution in [3.63, 3.8) is 0 Å². The average molecular weight is 196 g/mol. The number of benzene rings is 1. The van der Waals surface area contributed by atoms with E-state index in [-0.39, 0.29) is 0 Å². The molecular formula is C9H12N2OS. The standard InChI is InChI=1S/C9H12N2OS/c10-13(12)6-5-11-7-8-3-1-2-4-9(8)13/h1-4,10-11H,5-7H2. The van der Waals surface area contributed by atoms with Crippen molar-refractivity contribution in [1.82, 2.24) is 5.32 Å². The topological polar surface area (TPSA) is 53.0 Å². The van der Waals surface area contributed by atoms with E-state index in [1.807, 2.05) is 18.2 Å². The van der Waals surface area contributed by atoms with Crippen LogP contribution in [-0.4, -0.2) is 16.5 Å². The molecule has 3 nitrogen and oxygen atoms in total. The van der Waals surface area contributed by atoms with Crippen molar-refractivity contribution in [1.29, 1.82) is 4.78 Å². The summed E-state index contributed by atoms with van der Waals surface area (Å²) < 4.78 is 19.6. The van der Waals surface area contributed by atoms with E-state index < -0.39 is 9.73 Å². The Balaban J connectivity index is 2.62. The van der Waals surface area contributed by atoms with Crippen molar-refractivity contribution in [2.24, 2.45) is 0 Å². The summed E-state index contributed by atoms with van der Waals surface area (Å²) in [6.07, 6.45) is 0. The van der Waals surface area contributed by atoms with Crippen LogP contribution in [0.2, 0.25) is 0 Å². The van der Waals surface area contributed by atoms with E-state index in [1.165, 1.54) is 0 Å². The molecule has 0 saturated heterocycles. The SMILES string of the molecule is N=S1(=O)CCNCc2ccccc21. The molecule has 4 heteroatoms. The second kappa shape index (κ2) is 3.12. The van der Waals surface area contributed by atoms with Crippen LogP contribution in [0.1, 0.15) is 5.56 Å². The Morgan fingerprint density at radius 1 is 1.38 bits per heavy atom. The first kappa shape index (κ1) is 8.72. The molecule has 0 spiro atoms. The molecule has 0 saturated carbocycles. The molecule has 0 radical (unpaired) electrons. The van der Waals surface area contributed by atoms with Gasteiger partial charge in [-0.1, -0.05) is 18.2 Å². The number of rotatable bonds is 0. The van der Waals surface area contributed by atoms with Crippen LogP contribution in [0.4, 0.5) is 0 Å². The predicted octanol–water partition coefficient (Wildman–Crippen LogP) is 1.20. The molecule has 0 bridgehead atoms. The van der Waals surface area contributed by atoms with Crippen molar-refractivity contribution in [2.45, 2.75) is 11.4 Å². The smallest absolute Gasteiger partial charge is 0.0741 e. The molecule has 1 aromatic rings. The minimum Gasteiger partial charge on any atom is -0.312 e. The third-order valence-electron chi connectivity index (χ3n) is 2.21. The molecule has 1 unspecified atom stereocenters. The van der Waals surface area contributed by atoms with Crippen molar-refractivity contribution in [3.8, 4) is 0 Å². The van der Waals surface area contributed by atoms with Gasteiger partial charge in [0.2, 0.25) is 0 Å². The first-order valence-corrected chi connectivity index (χ1v) is 5.98. The highest BCUT2D eigenvalue weighted by Gasteiger charge is 2.16. The third kappa shape index (κ3) is 1.59. The zero-order valence-electron chi connectivity index (χ0n) is 7.25. The summed E-state index contributed by atoms with van der Waals surface area (Å²) >= 11 is 0. The largest absolute Gasteiger partial charge is 0.312 e. The molecule has 0 fully saturated rings. The molecule has 1 aliphatic heterocycles. The van der Waals surface area contributed by atoms with Gasteiger partial charge in [-0.25, -0.2) is 8.99 Å². The molecule has 1 atom stereocenters. The Bertz CT molecular complexity index is 411. The molecule has 0 aromatic heterocycles. The van der Waals surface area contributed by atoms with Crippen molar-refractivity contribution >= 4 is 9.73 Å². The van der Waals surface area contributed by atoms with Crippen molar-refractivity contribution in [2.75, 3.05) is 12.3 Å². The first-order chi connectivity index (χ1) is 6.20. The van der Waals surface area contributed by atoms with E-state index >= 15 is 0 Å². The summed E-state index contributed by atoms with van der Waals surface area (Å²) in [6.45, 7) is 1.39. The van der Waals surface area contributed by atoms with E-state index in [9.17, 15) is 4.21 Å². The van der Waals surface area contributed by atoms with Crippen LogP contribution < -0.4 is 5.32 Å². The quantitative estimate of drug-likeness (QED) is 0.655. The monoisotopic (exact) mass is 196 g/mol. The lowest BCUT2D eigenvalue weighted by Crippen LogP contribution is -2.16. The molecule has 0 aliphatic carbocycles. The Morgan fingerprint density at radius 3 is 3.00 bits per heavy atom. The summed E-state index contributed by atoms with van der Waals surface area (Å²) in [5.74, 6) is 0.421. The minimum absolute atomic E-state index is 0.421. The van der Waals surface area contributed by atoms with Crippen LogP contribution in [0.25, 0.3) is 0 Å². The number of hydrogen-bond acceptors (Lipinski definition) is 3. The lowest BCUT2D eigenvalue weighted by atomic mass is 10.2. The Labute approximate surface area is 78.1 Å². The van der Waals surface area contributed by atoms with Gasteiger partial charge in [-0.3, -0.25) is 0 Å². The highest BCUT2D eigenvalue weighted by atomic mass is 32.2. The van der Waals surface area contributed by atoms with Crippen LogP contribution in [-0.2, 0) is 16.3 Å². The van der Waals surface area contributed by atoms with Crippen molar-refractivity contribution < 1.29 is 4.21 Å². The molecular weight excluding hydrogens is 184 g/mol. The van der Waals surface area contributed by atoms with Gasteiger partial charge >= 0.3 is 0 Å². The van der Waals surface area contributed by atoms with Gasteiger partial charge in [-0.05, 0) is 11.6 Å². The van der Waals surface area contributed by atoms with E-state index in [0.717, 1.165) is 12.1 Å². The molecule has 1 aromatic carbocycles. The molecule has 1 aliphatic rings. The van der Waals surface area contributed by atoms with Gasteiger partial charge in [0.25, 0.3) is 0 Å². The van der Waals surface area contributed by atoms with Gasteiger partial charge in [0.05, 0.1) is 14.6 Å². The summed E-state index contributed by atoms with van der Waals surface area (Å²) in [4.78, 5) is 0.708. The highest BCUT2D eigenvalue weighted by Crippen LogP contribution is 2.19. The summed E-state index contributed by atoms with van der Waals surface area (Å²) in [6, 6.07) is 7.50. The fourth-order valence-electron chi connectivity index (χ4n) is 1.52. The lowest BCUT2D eigenvalue weighted by molar-refractivity contribution is 0.673. The minimum atomic E-state index is -2.54. The highest BCUT2D eigenvalue weighted by molar-refractivity contribution is 7.92. The molecule has 2 rings (SSSR count). The summed E-state index contributed by atoms with van der Waals surface area (Å²) in [5.41, 5.74) is 1.00. The van der Waals surface area contributed by atoms with Gasteiger partial charge in [0.15, 0.2) is 0 Å². The molecule has 2 N–H and O–H groups in total. The number of nitrogens with one attached hydrogen (secondary N) is 2. The maximum absolute atomic E-state index is 11.9. The van der Waals surface area contributed by atoms with Crippen LogP contribution >= 0.6 is 0 Å². The number of hydrogen-bond donors (Lipinski definition) is 2. The van der Waals surface area contributed by atoms with E-state index in [1.54, 1.807) is 6.07 Å².